The third-order valence-electron chi connectivity index (χ3n) is 5.99. The van der Waals surface area contributed by atoms with E-state index in [1.54, 1.807) is 12.1 Å². The van der Waals surface area contributed by atoms with Gasteiger partial charge in [0.25, 0.3) is 5.91 Å². The number of anilines is 1. The number of hydrazone groups is 1. The highest BCUT2D eigenvalue weighted by atomic mass is 32.2. The molecule has 1 fully saturated rings. The lowest BCUT2D eigenvalue weighted by Crippen LogP contribution is -2.39. The van der Waals surface area contributed by atoms with Gasteiger partial charge < -0.3 is 0 Å². The molecule has 1 saturated carbocycles. The van der Waals surface area contributed by atoms with Gasteiger partial charge in [0, 0.05) is 11.1 Å². The lowest BCUT2D eigenvalue weighted by Gasteiger charge is -2.23. The number of rotatable bonds is 5. The molecule has 7 heteroatoms. The smallest absolute Gasteiger partial charge is 0.260 e. The SMILES string of the molecule is CS(=O)(=O)N(CC(=O)NN=C1CCCCCCCCCCC1)c1cccc2ccccc12. The average molecular weight is 458 g/mol. The van der Waals surface area contributed by atoms with E-state index in [1.807, 2.05) is 30.3 Å². The molecule has 0 bridgehead atoms. The van der Waals surface area contributed by atoms with E-state index >= 15 is 0 Å². The van der Waals surface area contributed by atoms with Crippen LogP contribution in [0, 0.1) is 0 Å². The third-order valence-corrected chi connectivity index (χ3v) is 7.12. The fourth-order valence-corrected chi connectivity index (χ4v) is 5.11. The van der Waals surface area contributed by atoms with Crippen LogP contribution in [0.3, 0.4) is 0 Å². The Morgan fingerprint density at radius 3 is 2.06 bits per heavy atom. The Balaban J connectivity index is 1.70. The summed E-state index contributed by atoms with van der Waals surface area (Å²) >= 11 is 0. The van der Waals surface area contributed by atoms with Crippen LogP contribution in [0.4, 0.5) is 5.69 Å². The normalized spacial score (nSPS) is 16.6. The number of hydrogen-bond acceptors (Lipinski definition) is 4. The first-order chi connectivity index (χ1) is 15.4. The summed E-state index contributed by atoms with van der Waals surface area (Å²) in [7, 11) is -3.65. The van der Waals surface area contributed by atoms with E-state index in [-0.39, 0.29) is 6.54 Å². The maximum absolute atomic E-state index is 12.7. The molecule has 174 valence electrons. The molecule has 2 aromatic rings. The molecule has 0 spiro atoms. The van der Waals surface area contributed by atoms with Crippen LogP contribution in [-0.4, -0.2) is 32.8 Å². The van der Waals surface area contributed by atoms with Gasteiger partial charge in [-0.25, -0.2) is 13.8 Å². The standard InChI is InChI=1S/C25H35N3O3S/c1-32(30,31)28(24-19-13-15-21-14-11-12-18-23(21)24)20-25(29)27-26-22-16-9-7-5-3-2-4-6-8-10-17-22/h11-15,18-19H,2-10,16-17,20H2,1H3,(H,27,29). The van der Waals surface area contributed by atoms with Gasteiger partial charge in [-0.15, -0.1) is 0 Å². The number of nitrogens with one attached hydrogen (secondary N) is 1. The molecule has 0 aliphatic heterocycles. The van der Waals surface area contributed by atoms with Crippen LogP contribution in [0.25, 0.3) is 10.8 Å². The van der Waals surface area contributed by atoms with Gasteiger partial charge in [-0.3, -0.25) is 9.10 Å². The first-order valence-corrected chi connectivity index (χ1v) is 13.6. The lowest BCUT2D eigenvalue weighted by molar-refractivity contribution is -0.119. The zero-order valence-electron chi connectivity index (χ0n) is 19.1. The molecular weight excluding hydrogens is 422 g/mol. The van der Waals surface area contributed by atoms with E-state index in [4.69, 9.17) is 0 Å². The second-order valence-electron chi connectivity index (χ2n) is 8.66. The second-order valence-corrected chi connectivity index (χ2v) is 10.6. The van der Waals surface area contributed by atoms with Gasteiger partial charge in [0.2, 0.25) is 10.0 Å². The summed E-state index contributed by atoms with van der Waals surface area (Å²) in [6.07, 6.45) is 13.9. The van der Waals surface area contributed by atoms with Crippen molar-refractivity contribution in [3.63, 3.8) is 0 Å². The highest BCUT2D eigenvalue weighted by molar-refractivity contribution is 7.92. The quantitative estimate of drug-likeness (QED) is 0.612. The van der Waals surface area contributed by atoms with Crippen LogP contribution in [0.2, 0.25) is 0 Å². The van der Waals surface area contributed by atoms with Crippen molar-refractivity contribution >= 4 is 38.1 Å². The first-order valence-electron chi connectivity index (χ1n) is 11.7. The second kappa shape index (κ2) is 12.0. The number of benzene rings is 2. The fraction of sp³-hybridized carbons (Fsp3) is 0.520. The minimum absolute atomic E-state index is 0.302. The van der Waals surface area contributed by atoms with Crippen LogP contribution in [0.15, 0.2) is 47.6 Å². The molecule has 0 aromatic heterocycles. The van der Waals surface area contributed by atoms with E-state index in [2.05, 4.69) is 10.5 Å². The molecule has 1 aliphatic rings. The molecular formula is C25H35N3O3S. The number of carbonyl (C=O) groups excluding carboxylic acids is 1. The largest absolute Gasteiger partial charge is 0.271 e. The molecule has 0 heterocycles. The summed E-state index contributed by atoms with van der Waals surface area (Å²) in [6, 6.07) is 13.0. The van der Waals surface area contributed by atoms with Gasteiger partial charge in [-0.2, -0.15) is 5.10 Å². The number of carbonyl (C=O) groups is 1. The minimum Gasteiger partial charge on any atom is -0.271 e. The Labute approximate surface area is 192 Å². The zero-order valence-corrected chi connectivity index (χ0v) is 19.9. The van der Waals surface area contributed by atoms with E-state index in [0.29, 0.717) is 5.69 Å². The molecule has 6 nitrogen and oxygen atoms in total. The predicted octanol–water partition coefficient (Wildman–Crippen LogP) is 5.38. The highest BCUT2D eigenvalue weighted by Gasteiger charge is 2.22. The van der Waals surface area contributed by atoms with Crippen molar-refractivity contribution in [2.45, 2.75) is 70.6 Å². The molecule has 0 radical (unpaired) electrons. The maximum atomic E-state index is 12.7. The van der Waals surface area contributed by atoms with Crippen LogP contribution >= 0.6 is 0 Å². The highest BCUT2D eigenvalue weighted by Crippen LogP contribution is 2.28. The molecule has 3 rings (SSSR count). The van der Waals surface area contributed by atoms with Gasteiger partial charge in [0.15, 0.2) is 0 Å². The summed E-state index contributed by atoms with van der Waals surface area (Å²) in [5.74, 6) is -0.429. The molecule has 2 aromatic carbocycles. The summed E-state index contributed by atoms with van der Waals surface area (Å²) in [5, 5.41) is 6.11. The van der Waals surface area contributed by atoms with Crippen LogP contribution in [-0.2, 0) is 14.8 Å². The molecule has 32 heavy (non-hydrogen) atoms. The van der Waals surface area contributed by atoms with E-state index in [9.17, 15) is 13.2 Å². The molecule has 0 unspecified atom stereocenters. The topological polar surface area (TPSA) is 78.8 Å². The van der Waals surface area contributed by atoms with Crippen molar-refractivity contribution in [1.82, 2.24) is 5.43 Å². The van der Waals surface area contributed by atoms with Crippen LogP contribution < -0.4 is 9.73 Å². The summed E-state index contributed by atoms with van der Waals surface area (Å²) in [4.78, 5) is 12.7. The van der Waals surface area contributed by atoms with E-state index < -0.39 is 15.9 Å². The monoisotopic (exact) mass is 457 g/mol. The van der Waals surface area contributed by atoms with Gasteiger partial charge in [0.05, 0.1) is 11.9 Å². The van der Waals surface area contributed by atoms with Crippen LogP contribution in [0.1, 0.15) is 70.6 Å². The predicted molar refractivity (Wildman–Crippen MR) is 133 cm³/mol. The third kappa shape index (κ3) is 7.33. The number of amides is 1. The molecule has 1 N–H and O–H groups in total. The minimum atomic E-state index is -3.65. The zero-order chi connectivity index (χ0) is 22.8. The van der Waals surface area contributed by atoms with Crippen molar-refractivity contribution in [2.75, 3.05) is 17.1 Å². The van der Waals surface area contributed by atoms with Crippen molar-refractivity contribution in [3.05, 3.63) is 42.5 Å². The Morgan fingerprint density at radius 2 is 1.44 bits per heavy atom. The Bertz CT molecular complexity index is 1010. The van der Waals surface area contributed by atoms with Crippen molar-refractivity contribution < 1.29 is 13.2 Å². The number of hydrogen-bond donors (Lipinski definition) is 1. The first kappa shape index (κ1) is 24.2. The molecule has 1 aliphatic carbocycles. The molecule has 0 atom stereocenters. The summed E-state index contributed by atoms with van der Waals surface area (Å²) in [6.45, 7) is -0.302. The Kier molecular flexibility index (Phi) is 9.09. The summed E-state index contributed by atoms with van der Waals surface area (Å²) in [5.41, 5.74) is 4.14. The average Bonchev–Trinajstić information content (AvgIpc) is 2.76. The molecule has 0 saturated heterocycles. The summed E-state index contributed by atoms with van der Waals surface area (Å²) < 4.78 is 26.2. The Hall–Kier alpha value is -2.41. The number of sulfonamides is 1. The van der Waals surface area contributed by atoms with Crippen LogP contribution in [0.5, 0.6) is 0 Å². The fourth-order valence-electron chi connectivity index (χ4n) is 4.25. The van der Waals surface area contributed by atoms with E-state index in [1.165, 1.54) is 44.9 Å². The Morgan fingerprint density at radius 1 is 0.875 bits per heavy atom. The van der Waals surface area contributed by atoms with Gasteiger partial charge in [-0.1, -0.05) is 81.3 Å². The lowest BCUT2D eigenvalue weighted by atomic mass is 10.00. The van der Waals surface area contributed by atoms with Gasteiger partial charge in [-0.05, 0) is 37.1 Å². The van der Waals surface area contributed by atoms with Gasteiger partial charge in [0.1, 0.15) is 6.54 Å². The number of nitrogens with zero attached hydrogens (tertiary/aromatic N) is 2. The van der Waals surface area contributed by atoms with Gasteiger partial charge >= 0.3 is 0 Å². The maximum Gasteiger partial charge on any atom is 0.260 e. The van der Waals surface area contributed by atoms with Crippen molar-refractivity contribution in [3.8, 4) is 0 Å². The van der Waals surface area contributed by atoms with E-state index in [0.717, 1.165) is 52.7 Å². The van der Waals surface area contributed by atoms with Crippen molar-refractivity contribution in [1.29, 1.82) is 0 Å². The van der Waals surface area contributed by atoms with Crippen molar-refractivity contribution in [2.24, 2.45) is 5.10 Å². The molecule has 1 amide bonds. The number of fused-ring (bicyclic) bond motifs is 1.